The zero-order valence-corrected chi connectivity index (χ0v) is 18.6. The Bertz CT molecular complexity index is 1330. The van der Waals surface area contributed by atoms with Crippen LogP contribution in [0.5, 0.6) is 0 Å². The van der Waals surface area contributed by atoms with E-state index in [0.717, 1.165) is 59.5 Å². The average Bonchev–Trinajstić information content (AvgIpc) is 3.17. The Hall–Kier alpha value is -3.16. The lowest BCUT2D eigenvalue weighted by Crippen LogP contribution is -2.36. The summed E-state index contributed by atoms with van der Waals surface area (Å²) in [5.41, 5.74) is 10.3. The van der Waals surface area contributed by atoms with Crippen LogP contribution in [0.25, 0.3) is 27.6 Å². The number of carbonyl (C=O) groups is 1. The van der Waals surface area contributed by atoms with Gasteiger partial charge in [0.05, 0.1) is 40.5 Å². The van der Waals surface area contributed by atoms with Crippen molar-refractivity contribution in [3.63, 3.8) is 0 Å². The van der Waals surface area contributed by atoms with E-state index in [-0.39, 0.29) is 0 Å². The van der Waals surface area contributed by atoms with E-state index in [0.29, 0.717) is 29.3 Å². The van der Waals surface area contributed by atoms with Crippen LogP contribution in [0.15, 0.2) is 42.6 Å². The van der Waals surface area contributed by atoms with Crippen molar-refractivity contribution in [2.45, 2.75) is 19.8 Å². The number of primary amides is 1. The first kappa shape index (κ1) is 20.7. The highest BCUT2D eigenvalue weighted by Crippen LogP contribution is 2.33. The van der Waals surface area contributed by atoms with Gasteiger partial charge < -0.3 is 15.4 Å². The number of ether oxygens (including phenoxy) is 1. The Labute approximate surface area is 190 Å². The van der Waals surface area contributed by atoms with Crippen LogP contribution in [-0.4, -0.2) is 46.7 Å². The first-order valence-electron chi connectivity index (χ1n) is 10.8. The minimum atomic E-state index is -0.486. The van der Waals surface area contributed by atoms with Gasteiger partial charge in [0, 0.05) is 36.8 Å². The number of pyridine rings is 1. The van der Waals surface area contributed by atoms with E-state index in [1.165, 1.54) is 0 Å². The van der Waals surface area contributed by atoms with Gasteiger partial charge >= 0.3 is 0 Å². The Kier molecular flexibility index (Phi) is 5.45. The minimum Gasteiger partial charge on any atom is -0.378 e. The highest BCUT2D eigenvalue weighted by atomic mass is 35.5. The lowest BCUT2D eigenvalue weighted by molar-refractivity contribution is 0.100. The van der Waals surface area contributed by atoms with Crippen molar-refractivity contribution in [2.24, 2.45) is 5.73 Å². The summed E-state index contributed by atoms with van der Waals surface area (Å²) in [6, 6.07) is 11.7. The van der Waals surface area contributed by atoms with Crippen LogP contribution >= 0.6 is 11.6 Å². The van der Waals surface area contributed by atoms with Crippen LogP contribution in [0.2, 0.25) is 5.02 Å². The second kappa shape index (κ2) is 8.41. The molecule has 164 valence electrons. The molecule has 1 saturated heterocycles. The number of carbonyl (C=O) groups excluding carboxylic acids is 1. The van der Waals surface area contributed by atoms with E-state index in [1.54, 1.807) is 6.20 Å². The summed E-state index contributed by atoms with van der Waals surface area (Å²) >= 11 is 6.44. The van der Waals surface area contributed by atoms with Gasteiger partial charge in [0.25, 0.3) is 5.91 Å². The average molecular weight is 450 g/mol. The topological polar surface area (TPSA) is 86.3 Å². The van der Waals surface area contributed by atoms with Gasteiger partial charge in [0.1, 0.15) is 11.3 Å². The fraction of sp³-hybridized carbons (Fsp3) is 0.292. The first-order chi connectivity index (χ1) is 15.6. The fourth-order valence-electron chi connectivity index (χ4n) is 4.38. The number of fused-ring (bicyclic) bond motifs is 2. The van der Waals surface area contributed by atoms with Crippen molar-refractivity contribution in [2.75, 3.05) is 31.2 Å². The predicted molar refractivity (Wildman–Crippen MR) is 127 cm³/mol. The monoisotopic (exact) mass is 449 g/mol. The number of rotatable bonds is 5. The van der Waals surface area contributed by atoms with Crippen molar-refractivity contribution >= 4 is 45.1 Å². The number of aromatic nitrogens is 3. The van der Waals surface area contributed by atoms with E-state index in [4.69, 9.17) is 27.1 Å². The summed E-state index contributed by atoms with van der Waals surface area (Å²) in [5, 5.41) is 1.52. The molecule has 0 aliphatic carbocycles. The maximum Gasteiger partial charge on any atom is 0.251 e. The van der Waals surface area contributed by atoms with Crippen molar-refractivity contribution in [3.8, 4) is 5.69 Å². The number of nitrogens with zero attached hydrogens (tertiary/aromatic N) is 4. The van der Waals surface area contributed by atoms with Gasteiger partial charge in [-0.1, -0.05) is 30.7 Å². The molecular formula is C24H24ClN5O2. The number of nitrogens with two attached hydrogens (primary N) is 1. The number of para-hydroxylation sites is 1. The number of hydrogen-bond donors (Lipinski definition) is 1. The van der Waals surface area contributed by atoms with Gasteiger partial charge in [0.15, 0.2) is 0 Å². The molecule has 0 unspecified atom stereocenters. The molecule has 4 aromatic rings. The van der Waals surface area contributed by atoms with E-state index in [9.17, 15) is 4.79 Å². The van der Waals surface area contributed by atoms with Gasteiger partial charge in [0.2, 0.25) is 0 Å². The smallest absolute Gasteiger partial charge is 0.251 e. The fourth-order valence-corrected chi connectivity index (χ4v) is 4.61. The molecule has 0 radical (unpaired) electrons. The zero-order valence-electron chi connectivity index (χ0n) is 17.8. The van der Waals surface area contributed by atoms with Crippen LogP contribution in [0.1, 0.15) is 29.5 Å². The van der Waals surface area contributed by atoms with Crippen LogP contribution in [0.3, 0.4) is 0 Å². The highest BCUT2D eigenvalue weighted by molar-refractivity contribution is 6.35. The summed E-state index contributed by atoms with van der Waals surface area (Å²) < 4.78 is 7.63. The molecule has 1 aliphatic rings. The molecule has 7 nitrogen and oxygen atoms in total. The molecule has 0 spiro atoms. The van der Waals surface area contributed by atoms with Gasteiger partial charge in [-0.15, -0.1) is 0 Å². The molecule has 1 fully saturated rings. The standard InChI is InChI=1S/C24H24ClN5O2/c1-2-4-21-28-23-17(24(26)31)13-15(29-9-11-32-12-10-29)14-20(23)30(21)19-7-8-27-22-16(19)5-3-6-18(22)25/h3,5-8,13-14H,2,4,9-12H2,1H3,(H2,26,31). The molecule has 3 heterocycles. The molecule has 0 bridgehead atoms. The molecule has 2 aromatic carbocycles. The van der Waals surface area contributed by atoms with Crippen LogP contribution in [-0.2, 0) is 11.2 Å². The largest absolute Gasteiger partial charge is 0.378 e. The second-order valence-electron chi connectivity index (χ2n) is 7.90. The van der Waals surface area contributed by atoms with Crippen molar-refractivity contribution < 1.29 is 9.53 Å². The number of anilines is 1. The summed E-state index contributed by atoms with van der Waals surface area (Å²) in [7, 11) is 0. The predicted octanol–water partition coefficient (Wildman–Crippen LogP) is 4.12. The summed E-state index contributed by atoms with van der Waals surface area (Å²) in [5.74, 6) is 0.386. The maximum absolute atomic E-state index is 12.4. The number of morpholine rings is 1. The zero-order chi connectivity index (χ0) is 22.2. The van der Waals surface area contributed by atoms with E-state index < -0.39 is 5.91 Å². The Morgan fingerprint density at radius 1 is 1.19 bits per heavy atom. The summed E-state index contributed by atoms with van der Waals surface area (Å²) in [4.78, 5) is 24.0. The molecule has 2 aromatic heterocycles. The number of benzene rings is 2. The molecule has 32 heavy (non-hydrogen) atoms. The lowest BCUT2D eigenvalue weighted by atomic mass is 10.1. The Morgan fingerprint density at radius 2 is 2.00 bits per heavy atom. The van der Waals surface area contributed by atoms with Crippen molar-refractivity contribution in [3.05, 3.63) is 59.0 Å². The van der Waals surface area contributed by atoms with Crippen LogP contribution < -0.4 is 10.6 Å². The highest BCUT2D eigenvalue weighted by Gasteiger charge is 2.22. The quantitative estimate of drug-likeness (QED) is 0.495. The second-order valence-corrected chi connectivity index (χ2v) is 8.31. The summed E-state index contributed by atoms with van der Waals surface area (Å²) in [6.07, 6.45) is 3.42. The van der Waals surface area contributed by atoms with E-state index in [1.807, 2.05) is 30.3 Å². The lowest BCUT2D eigenvalue weighted by Gasteiger charge is -2.29. The molecule has 8 heteroatoms. The number of halogens is 1. The third-order valence-corrected chi connectivity index (χ3v) is 6.17. The van der Waals surface area contributed by atoms with Gasteiger partial charge in [-0.3, -0.25) is 14.3 Å². The molecule has 1 aliphatic heterocycles. The maximum atomic E-state index is 12.4. The molecule has 2 N–H and O–H groups in total. The molecule has 0 atom stereocenters. The Balaban J connectivity index is 1.83. The normalized spacial score (nSPS) is 14.4. The molecule has 5 rings (SSSR count). The SMILES string of the molecule is CCCc1nc2c(C(N)=O)cc(N3CCOCC3)cc2n1-c1ccnc2c(Cl)cccc12. The van der Waals surface area contributed by atoms with Crippen LogP contribution in [0, 0.1) is 0 Å². The van der Waals surface area contributed by atoms with Crippen molar-refractivity contribution in [1.29, 1.82) is 0 Å². The van der Waals surface area contributed by atoms with Gasteiger partial charge in [-0.25, -0.2) is 4.98 Å². The van der Waals surface area contributed by atoms with Crippen molar-refractivity contribution in [1.82, 2.24) is 14.5 Å². The van der Waals surface area contributed by atoms with Gasteiger partial charge in [-0.2, -0.15) is 0 Å². The van der Waals surface area contributed by atoms with Crippen LogP contribution in [0.4, 0.5) is 5.69 Å². The number of aryl methyl sites for hydroxylation is 1. The number of hydrogen-bond acceptors (Lipinski definition) is 5. The van der Waals surface area contributed by atoms with E-state index >= 15 is 0 Å². The third kappa shape index (κ3) is 3.47. The molecular weight excluding hydrogens is 426 g/mol. The number of amides is 1. The Morgan fingerprint density at radius 3 is 2.75 bits per heavy atom. The third-order valence-electron chi connectivity index (χ3n) is 5.87. The van der Waals surface area contributed by atoms with E-state index in [2.05, 4.69) is 27.4 Å². The first-order valence-corrected chi connectivity index (χ1v) is 11.2. The number of imidazole rings is 1. The van der Waals surface area contributed by atoms with Gasteiger partial charge in [-0.05, 0) is 30.7 Å². The molecule has 0 saturated carbocycles. The summed E-state index contributed by atoms with van der Waals surface area (Å²) in [6.45, 7) is 4.93. The molecule has 1 amide bonds. The minimum absolute atomic E-state index is 0.427.